The van der Waals surface area contributed by atoms with Crippen LogP contribution in [-0.4, -0.2) is 50.3 Å². The van der Waals surface area contributed by atoms with E-state index in [0.717, 1.165) is 4.57 Å². The van der Waals surface area contributed by atoms with Crippen LogP contribution in [-0.2, 0) is 10.5 Å². The Morgan fingerprint density at radius 2 is 2.16 bits per heavy atom. The molecule has 1 aromatic rings. The number of hydrogen-bond acceptors (Lipinski definition) is 7. The average Bonchev–Trinajstić information content (AvgIpc) is 2.36. The lowest BCUT2D eigenvalue weighted by Gasteiger charge is -2.40. The number of aromatic nitrogens is 2. The Labute approximate surface area is 110 Å². The molecule has 1 aromatic heterocycles. The molecule has 3 atom stereocenters. The number of aliphatic hydroxyl groups excluding tert-OH is 2. The van der Waals surface area contributed by atoms with Gasteiger partial charge < -0.3 is 25.8 Å². The van der Waals surface area contributed by atoms with E-state index < -0.39 is 29.7 Å². The first-order valence-electron chi connectivity index (χ1n) is 5.61. The molecule has 0 radical (unpaired) electrons. The number of nitrogens with zero attached hydrogens (tertiary/aromatic N) is 2. The number of rotatable bonds is 5. The van der Waals surface area contributed by atoms with Gasteiger partial charge in [0.1, 0.15) is 17.5 Å². The molecule has 1 rings (SSSR count). The Hall–Kier alpha value is -1.48. The summed E-state index contributed by atoms with van der Waals surface area (Å²) in [6, 6.07) is 1.31. The fraction of sp³-hybridized carbons (Fsp3) is 0.636. The topological polar surface area (TPSA) is 131 Å². The van der Waals surface area contributed by atoms with E-state index in [9.17, 15) is 20.1 Å². The first kappa shape index (κ1) is 15.6. The summed E-state index contributed by atoms with van der Waals surface area (Å²) in [6.45, 7) is 2.07. The van der Waals surface area contributed by atoms with Crippen LogP contribution in [0.25, 0.3) is 0 Å². The molecular formula is C11H19N3O5. The summed E-state index contributed by atoms with van der Waals surface area (Å²) >= 11 is 0. The van der Waals surface area contributed by atoms with Gasteiger partial charge in [0.15, 0.2) is 5.72 Å². The van der Waals surface area contributed by atoms with Crippen molar-refractivity contribution in [3.8, 4) is 0 Å². The predicted molar refractivity (Wildman–Crippen MR) is 67.3 cm³/mol. The van der Waals surface area contributed by atoms with Crippen LogP contribution in [0.15, 0.2) is 17.1 Å². The van der Waals surface area contributed by atoms with Crippen molar-refractivity contribution in [1.82, 2.24) is 9.55 Å². The van der Waals surface area contributed by atoms with Gasteiger partial charge in [-0.2, -0.15) is 4.98 Å². The lowest BCUT2D eigenvalue weighted by molar-refractivity contribution is -0.217. The van der Waals surface area contributed by atoms with Crippen LogP contribution in [0.4, 0.5) is 5.82 Å². The van der Waals surface area contributed by atoms with Crippen LogP contribution < -0.4 is 11.4 Å². The van der Waals surface area contributed by atoms with Crippen LogP contribution >= 0.6 is 0 Å². The molecule has 0 aliphatic rings. The van der Waals surface area contributed by atoms with E-state index in [0.29, 0.717) is 0 Å². The normalized spacial score (nSPS) is 19.5. The standard InChI is InChI=1S/C11H19N3O5/c1-10(6-15,19-3)8(16)11(2,18)14-5-4-7(12)13-9(14)17/h4-5,8,15-16,18H,6H2,1-3H3,(H2,12,13,17)/t8-,10-,11-/m1/s1. The maximum atomic E-state index is 11.7. The van der Waals surface area contributed by atoms with E-state index >= 15 is 0 Å². The van der Waals surface area contributed by atoms with Gasteiger partial charge in [-0.1, -0.05) is 0 Å². The van der Waals surface area contributed by atoms with Crippen LogP contribution in [0.1, 0.15) is 13.8 Å². The second kappa shape index (κ2) is 5.25. The highest BCUT2D eigenvalue weighted by Crippen LogP contribution is 2.26. The minimum Gasteiger partial charge on any atom is -0.393 e. The second-order valence-electron chi connectivity index (χ2n) is 4.68. The Bertz CT molecular complexity index is 495. The van der Waals surface area contributed by atoms with E-state index in [1.54, 1.807) is 0 Å². The van der Waals surface area contributed by atoms with Crippen molar-refractivity contribution < 1.29 is 20.1 Å². The minimum absolute atomic E-state index is 0.00296. The summed E-state index contributed by atoms with van der Waals surface area (Å²) in [6.07, 6.45) is -0.362. The molecule has 5 N–H and O–H groups in total. The number of hydrogen-bond donors (Lipinski definition) is 4. The van der Waals surface area contributed by atoms with Crippen molar-refractivity contribution in [2.24, 2.45) is 0 Å². The molecule has 0 spiro atoms. The summed E-state index contributed by atoms with van der Waals surface area (Å²) in [4.78, 5) is 15.2. The van der Waals surface area contributed by atoms with Gasteiger partial charge in [0.05, 0.1) is 6.61 Å². The largest absolute Gasteiger partial charge is 0.393 e. The van der Waals surface area contributed by atoms with Crippen molar-refractivity contribution in [3.05, 3.63) is 22.7 Å². The fourth-order valence-corrected chi connectivity index (χ4v) is 1.73. The molecule has 0 aliphatic carbocycles. The zero-order valence-electron chi connectivity index (χ0n) is 11.1. The molecule has 19 heavy (non-hydrogen) atoms. The fourth-order valence-electron chi connectivity index (χ4n) is 1.73. The summed E-state index contributed by atoms with van der Waals surface area (Å²) in [5, 5.41) is 29.8. The Morgan fingerprint density at radius 3 is 2.58 bits per heavy atom. The maximum absolute atomic E-state index is 11.7. The first-order chi connectivity index (χ1) is 8.69. The van der Waals surface area contributed by atoms with Gasteiger partial charge >= 0.3 is 5.69 Å². The van der Waals surface area contributed by atoms with Crippen molar-refractivity contribution in [2.75, 3.05) is 19.5 Å². The summed E-state index contributed by atoms with van der Waals surface area (Å²) in [7, 11) is 1.28. The molecule has 1 heterocycles. The number of nitrogen functional groups attached to an aromatic ring is 1. The van der Waals surface area contributed by atoms with Crippen molar-refractivity contribution in [3.63, 3.8) is 0 Å². The van der Waals surface area contributed by atoms with Gasteiger partial charge in [-0.15, -0.1) is 0 Å². The lowest BCUT2D eigenvalue weighted by Crippen LogP contribution is -2.59. The van der Waals surface area contributed by atoms with E-state index in [1.165, 1.54) is 33.2 Å². The molecule has 0 aromatic carbocycles. The number of nitrogens with two attached hydrogens (primary N) is 1. The molecule has 0 bridgehead atoms. The minimum atomic E-state index is -2.02. The van der Waals surface area contributed by atoms with Gasteiger partial charge in [-0.3, -0.25) is 4.57 Å². The molecule has 0 fully saturated rings. The molecule has 0 saturated heterocycles. The van der Waals surface area contributed by atoms with Gasteiger partial charge in [0.25, 0.3) is 0 Å². The van der Waals surface area contributed by atoms with Crippen molar-refractivity contribution in [1.29, 1.82) is 0 Å². The van der Waals surface area contributed by atoms with E-state index in [1.807, 2.05) is 0 Å². The van der Waals surface area contributed by atoms with Crippen LogP contribution in [0.2, 0.25) is 0 Å². The zero-order chi connectivity index (χ0) is 14.8. The van der Waals surface area contributed by atoms with Gasteiger partial charge in [0, 0.05) is 13.3 Å². The monoisotopic (exact) mass is 273 g/mol. The van der Waals surface area contributed by atoms with Crippen LogP contribution in [0.3, 0.4) is 0 Å². The SMILES string of the molecule is CO[C@](C)(CO)[C@@H](O)[C@@](C)(O)n1ccc(N)nc1=O. The summed E-state index contributed by atoms with van der Waals surface area (Å²) in [5.41, 5.74) is 1.07. The highest BCUT2D eigenvalue weighted by Gasteiger charge is 2.46. The summed E-state index contributed by atoms with van der Waals surface area (Å²) < 4.78 is 5.82. The number of anilines is 1. The molecule has 0 saturated carbocycles. The average molecular weight is 273 g/mol. The van der Waals surface area contributed by atoms with E-state index in [4.69, 9.17) is 10.5 Å². The third-order valence-corrected chi connectivity index (χ3v) is 3.19. The van der Waals surface area contributed by atoms with Crippen LogP contribution in [0.5, 0.6) is 0 Å². The van der Waals surface area contributed by atoms with Crippen LogP contribution in [0, 0.1) is 0 Å². The highest BCUT2D eigenvalue weighted by atomic mass is 16.5. The van der Waals surface area contributed by atoms with E-state index in [-0.39, 0.29) is 5.82 Å². The Kier molecular flexibility index (Phi) is 4.31. The Balaban J connectivity index is 3.26. The third-order valence-electron chi connectivity index (χ3n) is 3.19. The second-order valence-corrected chi connectivity index (χ2v) is 4.68. The van der Waals surface area contributed by atoms with Gasteiger partial charge in [-0.25, -0.2) is 4.79 Å². The predicted octanol–water partition coefficient (Wildman–Crippen LogP) is -1.75. The molecule has 0 aliphatic heterocycles. The molecule has 8 heteroatoms. The lowest BCUT2D eigenvalue weighted by atomic mass is 9.91. The molecular weight excluding hydrogens is 254 g/mol. The quantitative estimate of drug-likeness (QED) is 0.500. The molecule has 0 amide bonds. The highest BCUT2D eigenvalue weighted by molar-refractivity contribution is 5.23. The van der Waals surface area contributed by atoms with Crippen molar-refractivity contribution in [2.45, 2.75) is 31.3 Å². The molecule has 108 valence electrons. The third kappa shape index (κ3) is 2.76. The van der Waals surface area contributed by atoms with E-state index in [2.05, 4.69) is 4.98 Å². The summed E-state index contributed by atoms with van der Waals surface area (Å²) in [5.74, 6) is 0.00296. The zero-order valence-corrected chi connectivity index (χ0v) is 11.1. The molecule has 0 unspecified atom stereocenters. The smallest absolute Gasteiger partial charge is 0.351 e. The van der Waals surface area contributed by atoms with Gasteiger partial charge in [-0.05, 0) is 19.9 Å². The van der Waals surface area contributed by atoms with Gasteiger partial charge in [0.2, 0.25) is 0 Å². The number of methoxy groups -OCH3 is 1. The Morgan fingerprint density at radius 1 is 1.58 bits per heavy atom. The molecule has 8 nitrogen and oxygen atoms in total. The first-order valence-corrected chi connectivity index (χ1v) is 5.61. The number of aliphatic hydroxyl groups is 3. The van der Waals surface area contributed by atoms with Crippen molar-refractivity contribution >= 4 is 5.82 Å². The number of ether oxygens (including phenoxy) is 1. The maximum Gasteiger partial charge on any atom is 0.351 e.